The summed E-state index contributed by atoms with van der Waals surface area (Å²) >= 11 is 0. The normalized spacial score (nSPS) is 23.7. The fourth-order valence-corrected chi connectivity index (χ4v) is 3.27. The van der Waals surface area contributed by atoms with Crippen molar-refractivity contribution >= 4 is 0 Å². The molecule has 2 heterocycles. The number of piperazine rings is 2. The van der Waals surface area contributed by atoms with Crippen LogP contribution in [0.1, 0.15) is 26.7 Å². The lowest BCUT2D eigenvalue weighted by Crippen LogP contribution is -2.51. The van der Waals surface area contributed by atoms with Crippen LogP contribution in [-0.4, -0.2) is 98.4 Å². The van der Waals surface area contributed by atoms with Gasteiger partial charge in [-0.1, -0.05) is 13.8 Å². The molecule has 2 saturated heterocycles. The first-order valence-electron chi connectivity index (χ1n) is 8.84. The quantitative estimate of drug-likeness (QED) is 0.654. The van der Waals surface area contributed by atoms with Gasteiger partial charge < -0.3 is 9.80 Å². The van der Waals surface area contributed by atoms with E-state index in [1.165, 1.54) is 78.3 Å². The molecule has 21 heavy (non-hydrogen) atoms. The Morgan fingerprint density at radius 3 is 1.24 bits per heavy atom. The average Bonchev–Trinajstić information content (AvgIpc) is 2.51. The Balaban J connectivity index is 1.51. The summed E-state index contributed by atoms with van der Waals surface area (Å²) in [5.74, 6) is 0. The third kappa shape index (κ3) is 6.20. The van der Waals surface area contributed by atoms with Gasteiger partial charge >= 0.3 is 0 Å². The SMILES string of the molecule is CCCN1CCN(C[N]CN2CCN(CCC)CC2)CC1. The Labute approximate surface area is 131 Å². The van der Waals surface area contributed by atoms with Gasteiger partial charge in [-0.05, 0) is 25.9 Å². The Hall–Kier alpha value is -0.200. The molecule has 0 unspecified atom stereocenters. The number of hydrogen-bond donors (Lipinski definition) is 0. The molecule has 2 aliphatic rings. The molecule has 2 aliphatic heterocycles. The minimum Gasteiger partial charge on any atom is -0.301 e. The van der Waals surface area contributed by atoms with Crippen LogP contribution in [-0.2, 0) is 0 Å². The molecule has 2 rings (SSSR count). The van der Waals surface area contributed by atoms with Crippen molar-refractivity contribution in [1.82, 2.24) is 24.9 Å². The Bertz CT molecular complexity index is 231. The minimum absolute atomic E-state index is 0.926. The molecular weight excluding hydrogens is 262 g/mol. The Morgan fingerprint density at radius 2 is 0.905 bits per heavy atom. The minimum atomic E-state index is 0.926. The van der Waals surface area contributed by atoms with E-state index < -0.39 is 0 Å². The summed E-state index contributed by atoms with van der Waals surface area (Å²) in [6.07, 6.45) is 2.54. The molecule has 0 amide bonds. The molecule has 0 N–H and O–H groups in total. The molecule has 0 aromatic carbocycles. The van der Waals surface area contributed by atoms with Gasteiger partial charge in [-0.25, -0.2) is 5.32 Å². The maximum absolute atomic E-state index is 4.78. The summed E-state index contributed by atoms with van der Waals surface area (Å²) in [4.78, 5) is 10.1. The summed E-state index contributed by atoms with van der Waals surface area (Å²) in [5.41, 5.74) is 0. The highest BCUT2D eigenvalue weighted by atomic mass is 15.3. The first-order valence-corrected chi connectivity index (χ1v) is 8.84. The van der Waals surface area contributed by atoms with Crippen molar-refractivity contribution in [2.24, 2.45) is 0 Å². The zero-order valence-electron chi connectivity index (χ0n) is 14.1. The molecule has 0 spiro atoms. The highest BCUT2D eigenvalue weighted by Gasteiger charge is 2.18. The fraction of sp³-hybridized carbons (Fsp3) is 1.00. The van der Waals surface area contributed by atoms with Gasteiger partial charge in [-0.2, -0.15) is 0 Å². The van der Waals surface area contributed by atoms with Crippen LogP contribution in [0.5, 0.6) is 0 Å². The van der Waals surface area contributed by atoms with E-state index in [0.717, 1.165) is 13.3 Å². The highest BCUT2D eigenvalue weighted by Crippen LogP contribution is 2.03. The summed E-state index contributed by atoms with van der Waals surface area (Å²) in [7, 11) is 0. The zero-order chi connectivity index (χ0) is 14.9. The molecule has 0 atom stereocenters. The molecule has 5 nitrogen and oxygen atoms in total. The van der Waals surface area contributed by atoms with E-state index in [4.69, 9.17) is 5.32 Å². The summed E-state index contributed by atoms with van der Waals surface area (Å²) in [6, 6.07) is 0. The van der Waals surface area contributed by atoms with Gasteiger partial charge in [0, 0.05) is 52.4 Å². The maximum Gasteiger partial charge on any atom is 0.0665 e. The standard InChI is InChI=1S/C16H34N5/c1-3-5-18-7-11-20(12-8-18)15-17-16-21-13-9-19(6-4-2)10-14-21/h3-16H2,1-2H3. The van der Waals surface area contributed by atoms with Crippen molar-refractivity contribution in [2.75, 3.05) is 78.8 Å². The lowest BCUT2D eigenvalue weighted by molar-refractivity contribution is 0.0967. The molecule has 0 bridgehead atoms. The zero-order valence-corrected chi connectivity index (χ0v) is 14.1. The van der Waals surface area contributed by atoms with Gasteiger partial charge in [-0.15, -0.1) is 0 Å². The van der Waals surface area contributed by atoms with Crippen LogP contribution in [0.3, 0.4) is 0 Å². The summed E-state index contributed by atoms with van der Waals surface area (Å²) in [6.45, 7) is 18.5. The molecule has 123 valence electrons. The molecule has 5 heteroatoms. The van der Waals surface area contributed by atoms with Gasteiger partial charge in [0.15, 0.2) is 0 Å². The highest BCUT2D eigenvalue weighted by molar-refractivity contribution is 4.73. The van der Waals surface area contributed by atoms with Crippen LogP contribution in [0.4, 0.5) is 0 Å². The lowest BCUT2D eigenvalue weighted by atomic mass is 10.3. The van der Waals surface area contributed by atoms with Crippen LogP contribution in [0.15, 0.2) is 0 Å². The molecule has 0 aromatic rings. The van der Waals surface area contributed by atoms with E-state index >= 15 is 0 Å². The van der Waals surface area contributed by atoms with Gasteiger partial charge in [-0.3, -0.25) is 9.80 Å². The van der Waals surface area contributed by atoms with Crippen molar-refractivity contribution in [2.45, 2.75) is 26.7 Å². The topological polar surface area (TPSA) is 27.1 Å². The first-order chi connectivity index (χ1) is 10.3. The summed E-state index contributed by atoms with van der Waals surface area (Å²) < 4.78 is 0. The second-order valence-electron chi connectivity index (χ2n) is 6.43. The van der Waals surface area contributed by atoms with E-state index in [1.807, 2.05) is 0 Å². The van der Waals surface area contributed by atoms with E-state index in [0.29, 0.717) is 0 Å². The summed E-state index contributed by atoms with van der Waals surface area (Å²) in [5, 5.41) is 4.78. The van der Waals surface area contributed by atoms with E-state index in [9.17, 15) is 0 Å². The van der Waals surface area contributed by atoms with Crippen molar-refractivity contribution in [3.05, 3.63) is 0 Å². The second kappa shape index (κ2) is 9.74. The number of nitrogens with zero attached hydrogens (tertiary/aromatic N) is 5. The molecular formula is C16H34N5. The van der Waals surface area contributed by atoms with E-state index in [1.54, 1.807) is 0 Å². The average molecular weight is 296 g/mol. The Morgan fingerprint density at radius 1 is 0.571 bits per heavy atom. The second-order valence-corrected chi connectivity index (χ2v) is 6.43. The predicted molar refractivity (Wildman–Crippen MR) is 88.5 cm³/mol. The van der Waals surface area contributed by atoms with Gasteiger partial charge in [0.1, 0.15) is 0 Å². The van der Waals surface area contributed by atoms with Crippen LogP contribution in [0, 0.1) is 0 Å². The molecule has 0 aliphatic carbocycles. The van der Waals surface area contributed by atoms with Gasteiger partial charge in [0.05, 0.1) is 13.3 Å². The molecule has 0 aromatic heterocycles. The smallest absolute Gasteiger partial charge is 0.0665 e. The van der Waals surface area contributed by atoms with Crippen LogP contribution in [0.25, 0.3) is 0 Å². The molecule has 2 fully saturated rings. The largest absolute Gasteiger partial charge is 0.301 e. The lowest BCUT2D eigenvalue weighted by Gasteiger charge is -2.36. The monoisotopic (exact) mass is 296 g/mol. The number of rotatable bonds is 8. The van der Waals surface area contributed by atoms with Crippen molar-refractivity contribution < 1.29 is 0 Å². The molecule has 0 saturated carbocycles. The van der Waals surface area contributed by atoms with Gasteiger partial charge in [0.25, 0.3) is 0 Å². The van der Waals surface area contributed by atoms with E-state index in [-0.39, 0.29) is 0 Å². The first kappa shape index (κ1) is 17.2. The molecule has 1 radical (unpaired) electrons. The van der Waals surface area contributed by atoms with Crippen LogP contribution < -0.4 is 5.32 Å². The third-order valence-electron chi connectivity index (χ3n) is 4.61. The number of hydrogen-bond acceptors (Lipinski definition) is 4. The van der Waals surface area contributed by atoms with Crippen molar-refractivity contribution in [1.29, 1.82) is 0 Å². The van der Waals surface area contributed by atoms with Crippen LogP contribution >= 0.6 is 0 Å². The van der Waals surface area contributed by atoms with E-state index in [2.05, 4.69) is 33.4 Å². The third-order valence-corrected chi connectivity index (χ3v) is 4.61. The Kier molecular flexibility index (Phi) is 7.96. The van der Waals surface area contributed by atoms with Crippen LogP contribution in [0.2, 0.25) is 0 Å². The van der Waals surface area contributed by atoms with Crippen molar-refractivity contribution in [3.63, 3.8) is 0 Å². The van der Waals surface area contributed by atoms with Gasteiger partial charge in [0.2, 0.25) is 0 Å². The fourth-order valence-electron chi connectivity index (χ4n) is 3.27. The maximum atomic E-state index is 4.78. The predicted octanol–water partition coefficient (Wildman–Crippen LogP) is 0.561. The van der Waals surface area contributed by atoms with Crippen molar-refractivity contribution in [3.8, 4) is 0 Å².